The molecule has 1 radical (unpaired) electrons. The first kappa shape index (κ1) is 12.8. The van der Waals surface area contributed by atoms with Crippen molar-refractivity contribution in [3.05, 3.63) is 71.8 Å². The zero-order valence-electron chi connectivity index (χ0n) is 10.1. The molecule has 0 unspecified atom stereocenters. The molecule has 18 heavy (non-hydrogen) atoms. The van der Waals surface area contributed by atoms with Gasteiger partial charge in [0.25, 0.3) is 0 Å². The minimum absolute atomic E-state index is 0.393. The van der Waals surface area contributed by atoms with Gasteiger partial charge in [-0.3, -0.25) is 0 Å². The number of hydrogen-bond donors (Lipinski definition) is 0. The Morgan fingerprint density at radius 3 is 1.50 bits per heavy atom. The second kappa shape index (κ2) is 6.91. The standard InChI is InChI=1S/C15H16NO2/c16-15(17-11-13-7-3-1-4-8-13)18-12-14-9-5-2-6-10-14/h1-10,15-16H,11-12H2. The van der Waals surface area contributed by atoms with Crippen molar-refractivity contribution in [2.45, 2.75) is 19.6 Å². The Kier molecular flexibility index (Phi) is 4.90. The fourth-order valence-corrected chi connectivity index (χ4v) is 1.54. The second-order valence-corrected chi connectivity index (χ2v) is 3.93. The maximum Gasteiger partial charge on any atom is 0.229 e. The molecule has 0 fully saturated rings. The van der Waals surface area contributed by atoms with Crippen LogP contribution in [0.4, 0.5) is 0 Å². The molecule has 3 nitrogen and oxygen atoms in total. The first-order valence-corrected chi connectivity index (χ1v) is 5.87. The molecule has 0 bridgehead atoms. The van der Waals surface area contributed by atoms with Gasteiger partial charge in [-0.05, 0) is 11.1 Å². The van der Waals surface area contributed by atoms with Crippen LogP contribution in [0.5, 0.6) is 0 Å². The van der Waals surface area contributed by atoms with Gasteiger partial charge >= 0.3 is 0 Å². The third-order valence-corrected chi connectivity index (χ3v) is 2.49. The monoisotopic (exact) mass is 242 g/mol. The summed E-state index contributed by atoms with van der Waals surface area (Å²) >= 11 is 0. The van der Waals surface area contributed by atoms with Crippen molar-refractivity contribution in [3.63, 3.8) is 0 Å². The molecule has 0 heterocycles. The van der Waals surface area contributed by atoms with Gasteiger partial charge < -0.3 is 9.47 Å². The lowest BCUT2D eigenvalue weighted by Gasteiger charge is -2.13. The molecular weight excluding hydrogens is 226 g/mol. The second-order valence-electron chi connectivity index (χ2n) is 3.93. The van der Waals surface area contributed by atoms with E-state index in [1.54, 1.807) is 0 Å². The normalized spacial score (nSPS) is 10.8. The lowest BCUT2D eigenvalue weighted by atomic mass is 10.2. The van der Waals surface area contributed by atoms with Crippen molar-refractivity contribution in [1.82, 2.24) is 5.73 Å². The summed E-state index contributed by atoms with van der Waals surface area (Å²) in [7, 11) is 0. The molecule has 2 aromatic rings. The molecule has 0 saturated carbocycles. The molecule has 2 rings (SSSR count). The van der Waals surface area contributed by atoms with Gasteiger partial charge in [-0.25, -0.2) is 5.73 Å². The van der Waals surface area contributed by atoms with Crippen molar-refractivity contribution in [1.29, 1.82) is 0 Å². The van der Waals surface area contributed by atoms with E-state index in [1.165, 1.54) is 0 Å². The van der Waals surface area contributed by atoms with Gasteiger partial charge in [0, 0.05) is 0 Å². The lowest BCUT2D eigenvalue weighted by Crippen LogP contribution is -2.18. The summed E-state index contributed by atoms with van der Waals surface area (Å²) in [4.78, 5) is 0. The van der Waals surface area contributed by atoms with Gasteiger partial charge in [0.05, 0.1) is 13.2 Å². The number of rotatable bonds is 6. The minimum Gasteiger partial charge on any atom is -0.334 e. The minimum atomic E-state index is -0.953. The molecule has 2 aromatic carbocycles. The maximum atomic E-state index is 7.63. The molecule has 0 spiro atoms. The van der Waals surface area contributed by atoms with Crippen LogP contribution in [0.25, 0.3) is 0 Å². The Hall–Kier alpha value is -1.68. The summed E-state index contributed by atoms with van der Waals surface area (Å²) in [5, 5.41) is 0. The van der Waals surface area contributed by atoms with Gasteiger partial charge in [0.15, 0.2) is 0 Å². The van der Waals surface area contributed by atoms with E-state index in [2.05, 4.69) is 0 Å². The molecular formula is C15H16NO2. The molecule has 0 aliphatic carbocycles. The van der Waals surface area contributed by atoms with Crippen molar-refractivity contribution in [3.8, 4) is 0 Å². The third kappa shape index (κ3) is 4.30. The van der Waals surface area contributed by atoms with E-state index < -0.39 is 6.41 Å². The summed E-state index contributed by atoms with van der Waals surface area (Å²) in [5.74, 6) is 0. The predicted molar refractivity (Wildman–Crippen MR) is 69.3 cm³/mol. The Morgan fingerprint density at radius 1 is 0.722 bits per heavy atom. The largest absolute Gasteiger partial charge is 0.334 e. The predicted octanol–water partition coefficient (Wildman–Crippen LogP) is 2.99. The van der Waals surface area contributed by atoms with E-state index in [0.29, 0.717) is 13.2 Å². The molecule has 0 aliphatic rings. The van der Waals surface area contributed by atoms with E-state index in [0.717, 1.165) is 11.1 Å². The lowest BCUT2D eigenvalue weighted by molar-refractivity contribution is -0.157. The highest BCUT2D eigenvalue weighted by atomic mass is 16.7. The van der Waals surface area contributed by atoms with Gasteiger partial charge in [-0.2, -0.15) is 0 Å². The Labute approximate surface area is 107 Å². The first-order chi connectivity index (χ1) is 8.84. The molecule has 0 aromatic heterocycles. The topological polar surface area (TPSA) is 42.3 Å². The van der Waals surface area contributed by atoms with Crippen LogP contribution in [-0.2, 0) is 22.7 Å². The number of benzene rings is 2. The number of hydrogen-bond acceptors (Lipinski definition) is 2. The van der Waals surface area contributed by atoms with Gasteiger partial charge in [0.2, 0.25) is 6.41 Å². The van der Waals surface area contributed by atoms with Crippen LogP contribution in [-0.4, -0.2) is 6.41 Å². The van der Waals surface area contributed by atoms with E-state index in [4.69, 9.17) is 15.2 Å². The van der Waals surface area contributed by atoms with Crippen LogP contribution in [0.15, 0.2) is 60.7 Å². The molecule has 0 atom stereocenters. The highest BCUT2D eigenvalue weighted by Gasteiger charge is 2.04. The van der Waals surface area contributed by atoms with Crippen LogP contribution in [0.1, 0.15) is 11.1 Å². The van der Waals surface area contributed by atoms with E-state index in [9.17, 15) is 0 Å². The number of ether oxygens (including phenoxy) is 2. The average Bonchev–Trinajstić information content (AvgIpc) is 2.45. The highest BCUT2D eigenvalue weighted by Crippen LogP contribution is 2.05. The van der Waals surface area contributed by atoms with Crippen molar-refractivity contribution in [2.24, 2.45) is 0 Å². The SMILES string of the molecule is [NH]C(OCc1ccccc1)OCc1ccccc1. The van der Waals surface area contributed by atoms with E-state index >= 15 is 0 Å². The summed E-state index contributed by atoms with van der Waals surface area (Å²) < 4.78 is 10.6. The number of nitrogens with one attached hydrogen (secondary N) is 1. The van der Waals surface area contributed by atoms with Crippen LogP contribution >= 0.6 is 0 Å². The van der Waals surface area contributed by atoms with Crippen molar-refractivity contribution < 1.29 is 9.47 Å². The Bertz CT molecular complexity index is 401. The van der Waals surface area contributed by atoms with Gasteiger partial charge in [0.1, 0.15) is 0 Å². The van der Waals surface area contributed by atoms with Crippen LogP contribution in [0, 0.1) is 0 Å². The maximum absolute atomic E-state index is 7.63. The quantitative estimate of drug-likeness (QED) is 0.731. The molecule has 1 N–H and O–H groups in total. The van der Waals surface area contributed by atoms with Gasteiger partial charge in [-0.1, -0.05) is 60.7 Å². The summed E-state index contributed by atoms with van der Waals surface area (Å²) in [6, 6.07) is 19.5. The van der Waals surface area contributed by atoms with E-state index in [-0.39, 0.29) is 0 Å². The molecule has 93 valence electrons. The molecule has 0 aliphatic heterocycles. The van der Waals surface area contributed by atoms with Crippen LogP contribution in [0.3, 0.4) is 0 Å². The van der Waals surface area contributed by atoms with Crippen molar-refractivity contribution >= 4 is 0 Å². The zero-order chi connectivity index (χ0) is 12.6. The third-order valence-electron chi connectivity index (χ3n) is 2.49. The summed E-state index contributed by atoms with van der Waals surface area (Å²) in [6.45, 7) is 0.785. The highest BCUT2D eigenvalue weighted by molar-refractivity contribution is 5.14. The van der Waals surface area contributed by atoms with E-state index in [1.807, 2.05) is 60.7 Å². The first-order valence-electron chi connectivity index (χ1n) is 5.87. The zero-order valence-corrected chi connectivity index (χ0v) is 10.1. The fraction of sp³-hybridized carbons (Fsp3) is 0.200. The van der Waals surface area contributed by atoms with Crippen LogP contribution in [0.2, 0.25) is 0 Å². The van der Waals surface area contributed by atoms with Gasteiger partial charge in [-0.15, -0.1) is 0 Å². The Morgan fingerprint density at radius 2 is 1.11 bits per heavy atom. The summed E-state index contributed by atoms with van der Waals surface area (Å²) in [5.41, 5.74) is 9.71. The smallest absolute Gasteiger partial charge is 0.229 e. The average molecular weight is 242 g/mol. The van der Waals surface area contributed by atoms with Crippen molar-refractivity contribution in [2.75, 3.05) is 0 Å². The Balaban J connectivity index is 1.71. The molecule has 0 amide bonds. The van der Waals surface area contributed by atoms with Crippen LogP contribution < -0.4 is 5.73 Å². The molecule has 0 saturated heterocycles. The summed E-state index contributed by atoms with van der Waals surface area (Å²) in [6.07, 6.45) is -0.953. The molecule has 3 heteroatoms. The fourth-order valence-electron chi connectivity index (χ4n) is 1.54.